The lowest BCUT2D eigenvalue weighted by molar-refractivity contribution is 0.0306. The van der Waals surface area contributed by atoms with E-state index in [2.05, 4.69) is 14.5 Å². The molecule has 0 aliphatic carbocycles. The van der Waals surface area contributed by atoms with Crippen molar-refractivity contribution in [2.75, 3.05) is 44.5 Å². The molecule has 2 fully saturated rings. The molecule has 0 bridgehead atoms. The Morgan fingerprint density at radius 2 is 2.23 bits per heavy atom. The zero-order chi connectivity index (χ0) is 15.9. The van der Waals surface area contributed by atoms with Gasteiger partial charge in [0.25, 0.3) is 0 Å². The van der Waals surface area contributed by atoms with Gasteiger partial charge in [0.15, 0.2) is 9.84 Å². The maximum atomic E-state index is 12.2. The summed E-state index contributed by atoms with van der Waals surface area (Å²) in [7, 11) is 2.91. The summed E-state index contributed by atoms with van der Waals surface area (Å²) in [6.45, 7) is 2.29. The highest BCUT2D eigenvalue weighted by molar-refractivity contribution is 7.92. The van der Waals surface area contributed by atoms with Gasteiger partial charge in [-0.15, -0.1) is 0 Å². The molecular weight excluding hydrogens is 304 g/mol. The number of imidazole rings is 1. The molecule has 0 saturated carbocycles. The Morgan fingerprint density at radius 3 is 2.91 bits per heavy atom. The molecule has 3 heterocycles. The fraction of sp³-hybridized carbons (Fsp3) is 0.786. The molecule has 0 N–H and O–H groups in total. The van der Waals surface area contributed by atoms with E-state index in [9.17, 15) is 8.42 Å². The Labute approximate surface area is 131 Å². The summed E-state index contributed by atoms with van der Waals surface area (Å²) in [5, 5.41) is -0.378. The van der Waals surface area contributed by atoms with Crippen LogP contribution in [-0.2, 0) is 28.2 Å². The van der Waals surface area contributed by atoms with Crippen LogP contribution in [0.1, 0.15) is 12.1 Å². The van der Waals surface area contributed by atoms with E-state index in [-0.39, 0.29) is 17.0 Å². The van der Waals surface area contributed by atoms with E-state index in [1.165, 1.54) is 0 Å². The van der Waals surface area contributed by atoms with Crippen molar-refractivity contribution in [1.82, 2.24) is 14.5 Å². The number of ether oxygens (including phenoxy) is 1. The maximum Gasteiger partial charge on any atom is 0.204 e. The molecule has 3 rings (SSSR count). The molecular formula is C14H24N4O3S. The second kappa shape index (κ2) is 5.82. The van der Waals surface area contributed by atoms with Gasteiger partial charge < -0.3 is 14.2 Å². The van der Waals surface area contributed by atoms with Crippen LogP contribution in [0.15, 0.2) is 6.20 Å². The van der Waals surface area contributed by atoms with Crippen LogP contribution in [0.3, 0.4) is 0 Å². The van der Waals surface area contributed by atoms with Gasteiger partial charge in [-0.25, -0.2) is 13.4 Å². The summed E-state index contributed by atoms with van der Waals surface area (Å²) in [5.41, 5.74) is 1.10. The van der Waals surface area contributed by atoms with Crippen LogP contribution in [0, 0.1) is 0 Å². The van der Waals surface area contributed by atoms with E-state index in [0.29, 0.717) is 19.8 Å². The number of hydrogen-bond donors (Lipinski definition) is 0. The van der Waals surface area contributed by atoms with E-state index in [4.69, 9.17) is 4.74 Å². The first-order chi connectivity index (χ1) is 10.4. The van der Waals surface area contributed by atoms with E-state index in [1.54, 1.807) is 0 Å². The van der Waals surface area contributed by atoms with Crippen molar-refractivity contribution in [2.45, 2.75) is 24.3 Å². The van der Waals surface area contributed by atoms with Crippen LogP contribution < -0.4 is 4.90 Å². The first-order valence-electron chi connectivity index (χ1n) is 7.61. The summed E-state index contributed by atoms with van der Waals surface area (Å²) in [5.74, 6) is 1.12. The van der Waals surface area contributed by atoms with Crippen molar-refractivity contribution in [3.63, 3.8) is 0 Å². The van der Waals surface area contributed by atoms with E-state index < -0.39 is 9.84 Å². The number of anilines is 1. The molecule has 0 aromatic carbocycles. The van der Waals surface area contributed by atoms with Crippen LogP contribution in [-0.4, -0.2) is 73.8 Å². The number of rotatable bonds is 3. The van der Waals surface area contributed by atoms with Gasteiger partial charge in [0.1, 0.15) is 5.25 Å². The van der Waals surface area contributed by atoms with Crippen molar-refractivity contribution >= 4 is 15.8 Å². The van der Waals surface area contributed by atoms with E-state index in [0.717, 1.165) is 24.6 Å². The van der Waals surface area contributed by atoms with Crippen LogP contribution >= 0.6 is 0 Å². The molecule has 124 valence electrons. The molecule has 7 nitrogen and oxygen atoms in total. The molecule has 1 aromatic rings. The largest absolute Gasteiger partial charge is 0.380 e. The minimum Gasteiger partial charge on any atom is -0.380 e. The number of nitrogens with zero attached hydrogens (tertiary/aromatic N) is 4. The lowest BCUT2D eigenvalue weighted by atomic mass is 10.1. The Balaban J connectivity index is 1.80. The van der Waals surface area contributed by atoms with Crippen LogP contribution in [0.2, 0.25) is 0 Å². The number of fused-ring (bicyclic) bond motifs is 1. The Morgan fingerprint density at radius 1 is 1.45 bits per heavy atom. The van der Waals surface area contributed by atoms with Gasteiger partial charge in [-0.05, 0) is 6.42 Å². The first-order valence-corrected chi connectivity index (χ1v) is 9.33. The minimum atomic E-state index is -3.02. The fourth-order valence-electron chi connectivity index (χ4n) is 3.42. The second-order valence-corrected chi connectivity index (χ2v) is 8.65. The van der Waals surface area contributed by atoms with Gasteiger partial charge in [-0.2, -0.15) is 0 Å². The molecule has 2 atom stereocenters. The van der Waals surface area contributed by atoms with Crippen molar-refractivity contribution in [2.24, 2.45) is 7.05 Å². The van der Waals surface area contributed by atoms with Crippen LogP contribution in [0.25, 0.3) is 0 Å². The van der Waals surface area contributed by atoms with Gasteiger partial charge in [0.05, 0.1) is 24.3 Å². The van der Waals surface area contributed by atoms with Crippen molar-refractivity contribution < 1.29 is 13.2 Å². The molecule has 8 heteroatoms. The monoisotopic (exact) mass is 328 g/mol. The summed E-state index contributed by atoms with van der Waals surface area (Å²) in [6, 6.07) is 0.0604. The molecule has 0 unspecified atom stereocenters. The molecule has 2 saturated heterocycles. The van der Waals surface area contributed by atoms with Crippen LogP contribution in [0.4, 0.5) is 5.95 Å². The zero-order valence-electron chi connectivity index (χ0n) is 13.4. The average molecular weight is 328 g/mol. The van der Waals surface area contributed by atoms with E-state index in [1.807, 2.05) is 32.2 Å². The Hall–Kier alpha value is -1.12. The third-order valence-electron chi connectivity index (χ3n) is 4.69. The van der Waals surface area contributed by atoms with Gasteiger partial charge in [0, 0.05) is 46.9 Å². The van der Waals surface area contributed by atoms with Gasteiger partial charge in [-0.3, -0.25) is 4.90 Å². The third-order valence-corrected chi connectivity index (χ3v) is 6.81. The SMILES string of the molecule is CN(C)c1ncc(CN2CCS(=O)(=O)[C@@H]3COCC[C@H]32)n1C. The maximum absolute atomic E-state index is 12.2. The summed E-state index contributed by atoms with van der Waals surface area (Å²) >= 11 is 0. The lowest BCUT2D eigenvalue weighted by Gasteiger charge is -2.43. The predicted octanol–water partition coefficient (Wildman–Crippen LogP) is -0.126. The highest BCUT2D eigenvalue weighted by Gasteiger charge is 2.43. The van der Waals surface area contributed by atoms with Crippen molar-refractivity contribution in [1.29, 1.82) is 0 Å². The molecule has 0 amide bonds. The van der Waals surface area contributed by atoms with Crippen molar-refractivity contribution in [3.8, 4) is 0 Å². The van der Waals surface area contributed by atoms with Crippen LogP contribution in [0.5, 0.6) is 0 Å². The Bertz CT molecular complexity index is 641. The van der Waals surface area contributed by atoms with Gasteiger partial charge >= 0.3 is 0 Å². The topological polar surface area (TPSA) is 67.7 Å². The van der Waals surface area contributed by atoms with Gasteiger partial charge in [0.2, 0.25) is 5.95 Å². The smallest absolute Gasteiger partial charge is 0.204 e. The number of hydrogen-bond acceptors (Lipinski definition) is 6. The van der Waals surface area contributed by atoms with Crippen molar-refractivity contribution in [3.05, 3.63) is 11.9 Å². The highest BCUT2D eigenvalue weighted by Crippen LogP contribution is 2.27. The normalized spacial score (nSPS) is 28.3. The molecule has 2 aliphatic rings. The fourth-order valence-corrected chi connectivity index (χ4v) is 5.31. The summed E-state index contributed by atoms with van der Waals surface area (Å²) < 4.78 is 32.0. The third kappa shape index (κ3) is 2.75. The highest BCUT2D eigenvalue weighted by atomic mass is 32.2. The second-order valence-electron chi connectivity index (χ2n) is 6.31. The summed E-state index contributed by atoms with van der Waals surface area (Å²) in [6.07, 6.45) is 2.66. The first kappa shape index (κ1) is 15.8. The van der Waals surface area contributed by atoms with Gasteiger partial charge in [-0.1, -0.05) is 0 Å². The zero-order valence-corrected chi connectivity index (χ0v) is 14.2. The van der Waals surface area contributed by atoms with E-state index >= 15 is 0 Å². The Kier molecular flexibility index (Phi) is 4.17. The summed E-state index contributed by atoms with van der Waals surface area (Å²) in [4.78, 5) is 8.69. The molecule has 0 radical (unpaired) electrons. The molecule has 2 aliphatic heterocycles. The lowest BCUT2D eigenvalue weighted by Crippen LogP contribution is -2.58. The molecule has 22 heavy (non-hydrogen) atoms. The predicted molar refractivity (Wildman–Crippen MR) is 84.7 cm³/mol. The molecule has 1 aromatic heterocycles. The quantitative estimate of drug-likeness (QED) is 0.770. The standard InChI is InChI=1S/C14H24N4O3S/c1-16(2)14-15-8-11(17(14)3)9-18-5-7-22(19,20)13-10-21-6-4-12(13)18/h8,12-13H,4-7,9-10H2,1-3H3/t12-,13-/m1/s1. The average Bonchev–Trinajstić information content (AvgIpc) is 2.84. The number of aromatic nitrogens is 2. The number of sulfone groups is 1. The minimum absolute atomic E-state index is 0.0604. The molecule has 0 spiro atoms.